The Balaban J connectivity index is 1.55. The first-order chi connectivity index (χ1) is 19.6. The summed E-state index contributed by atoms with van der Waals surface area (Å²) in [6.07, 6.45) is 8.44. The Morgan fingerprint density at radius 1 is 0.925 bits per heavy atom. The van der Waals surface area contributed by atoms with Crippen LogP contribution < -0.4 is 24.8 Å². The molecular weight excluding hydrogens is 518 g/mol. The molecule has 0 atom stereocenters. The molecule has 5 aliphatic heterocycles. The van der Waals surface area contributed by atoms with Gasteiger partial charge in [-0.2, -0.15) is 4.99 Å². The highest BCUT2D eigenvalue weighted by atomic mass is 32.1. The van der Waals surface area contributed by atoms with Crippen LogP contribution >= 0.6 is 12.2 Å². The largest absolute Gasteiger partial charge is 0.478 e. The molecule has 0 spiro atoms. The van der Waals surface area contributed by atoms with Crippen molar-refractivity contribution in [3.8, 4) is 11.5 Å². The lowest BCUT2D eigenvalue weighted by Gasteiger charge is -2.39. The number of rotatable bonds is 3. The van der Waals surface area contributed by atoms with E-state index in [9.17, 15) is 9.90 Å². The van der Waals surface area contributed by atoms with Crippen LogP contribution in [0.3, 0.4) is 0 Å². The maximum absolute atomic E-state index is 12.6. The second-order valence-electron chi connectivity index (χ2n) is 11.6. The van der Waals surface area contributed by atoms with Crippen molar-refractivity contribution in [1.82, 2.24) is 4.58 Å². The third-order valence-corrected chi connectivity index (χ3v) is 9.46. The Morgan fingerprint density at radius 2 is 1.70 bits per heavy atom. The minimum absolute atomic E-state index is 0.262. The van der Waals surface area contributed by atoms with Gasteiger partial charge in [0.1, 0.15) is 24.6 Å². The van der Waals surface area contributed by atoms with Gasteiger partial charge < -0.3 is 14.7 Å². The molecule has 0 saturated carbocycles. The van der Waals surface area contributed by atoms with Crippen LogP contribution in [0.25, 0.3) is 5.57 Å². The number of ether oxygens (including phenoxy) is 1. The third kappa shape index (κ3) is 3.47. The van der Waals surface area contributed by atoms with Crippen LogP contribution in [-0.2, 0) is 25.7 Å². The minimum Gasteiger partial charge on any atom is -0.478 e. The SMILES string of the molecule is O=C(O)c1ccc(N=C=S)cc1C1=c2cc3c4c(c2Oc2c1cc1c5c2CCCN5CCC1)CCC[N+]=4CCC3. The molecule has 1 N–H and O–H groups in total. The second-order valence-corrected chi connectivity index (χ2v) is 11.8. The number of carboxylic acids is 1. The number of thiocarbonyl (C=S) groups is 1. The van der Waals surface area contributed by atoms with Crippen molar-refractivity contribution >= 4 is 40.3 Å². The van der Waals surface area contributed by atoms with Gasteiger partial charge in [-0.3, -0.25) is 0 Å². The number of hydrogen-bond acceptors (Lipinski definition) is 5. The van der Waals surface area contributed by atoms with E-state index in [4.69, 9.17) is 17.0 Å². The van der Waals surface area contributed by atoms with Gasteiger partial charge in [0, 0.05) is 59.1 Å². The van der Waals surface area contributed by atoms with E-state index in [0.29, 0.717) is 11.3 Å². The van der Waals surface area contributed by atoms with Crippen molar-refractivity contribution in [2.24, 2.45) is 4.99 Å². The van der Waals surface area contributed by atoms with Crippen LogP contribution in [0.2, 0.25) is 0 Å². The zero-order valence-electron chi connectivity index (χ0n) is 22.4. The number of carboxylic acid groups (broad SMARTS) is 1. The highest BCUT2D eigenvalue weighted by Gasteiger charge is 2.36. The van der Waals surface area contributed by atoms with E-state index in [1.807, 2.05) is 6.07 Å². The molecular formula is C33H30N3O3S+. The van der Waals surface area contributed by atoms with Gasteiger partial charge >= 0.3 is 5.97 Å². The van der Waals surface area contributed by atoms with Gasteiger partial charge in [0.05, 0.1) is 22.0 Å². The molecule has 3 aromatic carbocycles. The highest BCUT2D eigenvalue weighted by molar-refractivity contribution is 7.78. The number of hydrogen-bond donors (Lipinski definition) is 1. The molecule has 5 aliphatic rings. The smallest absolute Gasteiger partial charge is 0.336 e. The average molecular weight is 549 g/mol. The fourth-order valence-corrected chi connectivity index (χ4v) is 7.96. The van der Waals surface area contributed by atoms with Crippen LogP contribution in [0.5, 0.6) is 11.5 Å². The van der Waals surface area contributed by atoms with E-state index < -0.39 is 5.97 Å². The first-order valence-corrected chi connectivity index (χ1v) is 14.9. The van der Waals surface area contributed by atoms with E-state index in [1.54, 1.807) is 12.1 Å². The quantitative estimate of drug-likeness (QED) is 0.231. The molecule has 8 rings (SSSR count). The first-order valence-electron chi connectivity index (χ1n) is 14.5. The predicted octanol–water partition coefficient (Wildman–Crippen LogP) is 4.55. The number of anilines is 1. The van der Waals surface area contributed by atoms with Crippen molar-refractivity contribution in [2.45, 2.75) is 51.4 Å². The number of aryl methyl sites for hydroxylation is 2. The molecule has 0 saturated heterocycles. The normalized spacial score (nSPS) is 18.1. The Labute approximate surface area is 237 Å². The summed E-state index contributed by atoms with van der Waals surface area (Å²) < 4.78 is 9.61. The number of benzene rings is 3. The van der Waals surface area contributed by atoms with Gasteiger partial charge in [-0.1, -0.05) is 0 Å². The van der Waals surface area contributed by atoms with Crippen LogP contribution in [0.1, 0.15) is 69.4 Å². The molecule has 3 aromatic rings. The number of fused-ring (bicyclic) bond motifs is 4. The molecule has 0 fully saturated rings. The number of aromatic carboxylic acids is 1. The topological polar surface area (TPSA) is 65.1 Å². The number of nitrogens with zero attached hydrogens (tertiary/aromatic N) is 3. The standard InChI is InChI=1S/C33H29N3O3S/c37-33(38)22-10-9-21(34-18-40)17-25(22)28-26-15-19-5-1-11-35-13-3-7-23(29(19)35)31(26)39-32-24-8-4-14-36-12-2-6-20(30(24)36)16-27(28)32/h9-10,15-17H,1-8,11-14H2/p+1. The van der Waals surface area contributed by atoms with E-state index >= 15 is 0 Å². The summed E-state index contributed by atoms with van der Waals surface area (Å²) in [4.78, 5) is 19.4. The van der Waals surface area contributed by atoms with Crippen molar-refractivity contribution in [2.75, 3.05) is 31.1 Å². The maximum atomic E-state index is 12.6. The fourth-order valence-electron chi connectivity index (χ4n) is 7.85. The Hall–Kier alpha value is -3.80. The molecule has 40 heavy (non-hydrogen) atoms. The van der Waals surface area contributed by atoms with Gasteiger partial charge in [-0.25, -0.2) is 9.37 Å². The van der Waals surface area contributed by atoms with Gasteiger partial charge in [0.15, 0.2) is 0 Å². The number of aliphatic imine (C=N–C) groups is 1. The molecule has 0 aromatic heterocycles. The lowest BCUT2D eigenvalue weighted by Crippen LogP contribution is -2.45. The highest BCUT2D eigenvalue weighted by Crippen LogP contribution is 2.49. The summed E-state index contributed by atoms with van der Waals surface area (Å²) in [5.41, 5.74) is 10.1. The minimum atomic E-state index is -0.953. The number of isothiocyanates is 1. The summed E-state index contributed by atoms with van der Waals surface area (Å²) in [7, 11) is 0. The first kappa shape index (κ1) is 24.0. The fraction of sp³-hybridized carbons (Fsp3) is 0.364. The van der Waals surface area contributed by atoms with E-state index in [1.165, 1.54) is 33.3 Å². The molecule has 7 heteroatoms. The monoisotopic (exact) mass is 548 g/mol. The van der Waals surface area contributed by atoms with Crippen LogP contribution in [0, 0.1) is 0 Å². The van der Waals surface area contributed by atoms with Crippen LogP contribution in [-0.4, -0.2) is 42.4 Å². The van der Waals surface area contributed by atoms with Crippen LogP contribution in [0.4, 0.5) is 11.4 Å². The van der Waals surface area contributed by atoms with E-state index in [-0.39, 0.29) is 5.56 Å². The van der Waals surface area contributed by atoms with E-state index in [0.717, 1.165) is 105 Å². The molecule has 0 amide bonds. The number of carbonyl (C=O) groups is 1. The average Bonchev–Trinajstić information content (AvgIpc) is 2.97. The van der Waals surface area contributed by atoms with Gasteiger partial charge in [-0.05, 0) is 92.2 Å². The Bertz CT molecular complexity index is 1830. The third-order valence-electron chi connectivity index (χ3n) is 9.37. The lowest BCUT2D eigenvalue weighted by atomic mass is 9.81. The molecule has 0 unspecified atom stereocenters. The van der Waals surface area contributed by atoms with Gasteiger partial charge in [-0.15, -0.1) is 0 Å². The Morgan fingerprint density at radius 3 is 2.52 bits per heavy atom. The van der Waals surface area contributed by atoms with Gasteiger partial charge in [0.2, 0.25) is 5.36 Å². The predicted molar refractivity (Wildman–Crippen MR) is 158 cm³/mol. The van der Waals surface area contributed by atoms with E-state index in [2.05, 4.69) is 31.8 Å². The zero-order chi connectivity index (χ0) is 27.0. The molecule has 5 heterocycles. The summed E-state index contributed by atoms with van der Waals surface area (Å²) in [6.45, 7) is 4.34. The molecule has 6 nitrogen and oxygen atoms in total. The zero-order valence-corrected chi connectivity index (χ0v) is 23.2. The van der Waals surface area contributed by atoms with Gasteiger partial charge in [0.25, 0.3) is 0 Å². The molecule has 200 valence electrons. The van der Waals surface area contributed by atoms with Crippen molar-refractivity contribution in [1.29, 1.82) is 0 Å². The second kappa shape index (κ2) is 9.12. The Kier molecular flexibility index (Phi) is 5.48. The maximum Gasteiger partial charge on any atom is 0.336 e. The molecule has 0 bridgehead atoms. The van der Waals surface area contributed by atoms with Crippen LogP contribution in [0.15, 0.2) is 35.3 Å². The summed E-state index contributed by atoms with van der Waals surface area (Å²) in [6, 6.07) is 9.81. The van der Waals surface area contributed by atoms with Crippen molar-refractivity contribution < 1.29 is 14.6 Å². The van der Waals surface area contributed by atoms with Crippen molar-refractivity contribution in [3.63, 3.8) is 0 Å². The summed E-state index contributed by atoms with van der Waals surface area (Å²) in [5.74, 6) is 0.875. The summed E-state index contributed by atoms with van der Waals surface area (Å²) >= 11 is 4.91. The molecule has 0 aliphatic carbocycles. The summed E-state index contributed by atoms with van der Waals surface area (Å²) in [5, 5.41) is 15.2. The molecule has 0 radical (unpaired) electrons. The van der Waals surface area contributed by atoms with Crippen molar-refractivity contribution in [3.05, 3.63) is 79.9 Å². The lowest BCUT2D eigenvalue weighted by molar-refractivity contribution is 0.0696.